The summed E-state index contributed by atoms with van der Waals surface area (Å²) in [5.74, 6) is -0.113. The molecule has 0 saturated heterocycles. The molecule has 1 rings (SSSR count). The van der Waals surface area contributed by atoms with Gasteiger partial charge in [0.2, 0.25) is 5.91 Å². The fraction of sp³-hybridized carbons (Fsp3) is 0.385. The molecule has 0 fully saturated rings. The molecule has 0 aliphatic carbocycles. The largest absolute Gasteiger partial charge is 0.370 e. The van der Waals surface area contributed by atoms with Crippen LogP contribution in [-0.4, -0.2) is 11.7 Å². The Morgan fingerprint density at radius 1 is 1.12 bits per heavy atom. The lowest BCUT2D eigenvalue weighted by atomic mass is 10.1. The highest BCUT2D eigenvalue weighted by Gasteiger charge is 1.96. The Morgan fingerprint density at radius 2 is 1.56 bits per heavy atom. The van der Waals surface area contributed by atoms with Gasteiger partial charge in [0.1, 0.15) is 0 Å². The van der Waals surface area contributed by atoms with Gasteiger partial charge >= 0.3 is 0 Å². The summed E-state index contributed by atoms with van der Waals surface area (Å²) in [6, 6.07) is 7.75. The molecule has 0 saturated carbocycles. The predicted molar refractivity (Wildman–Crippen MR) is 65.3 cm³/mol. The first-order chi connectivity index (χ1) is 7.51. The van der Waals surface area contributed by atoms with Crippen LogP contribution in [0.5, 0.6) is 0 Å². The second-order valence-corrected chi connectivity index (χ2v) is 3.43. The van der Waals surface area contributed by atoms with Crippen molar-refractivity contribution in [3.63, 3.8) is 0 Å². The number of Topliss-reactive ketones (excluding diaryl/α,β-unsaturated/α-hetero) is 1. The van der Waals surface area contributed by atoms with Crippen molar-refractivity contribution in [3.05, 3.63) is 35.4 Å². The molecule has 16 heavy (non-hydrogen) atoms. The van der Waals surface area contributed by atoms with Crippen LogP contribution in [0.4, 0.5) is 0 Å². The summed E-state index contributed by atoms with van der Waals surface area (Å²) in [4.78, 5) is 20.4. The highest BCUT2D eigenvalue weighted by Crippen LogP contribution is 2.04. The van der Waals surface area contributed by atoms with Crippen molar-refractivity contribution >= 4 is 11.7 Å². The molecule has 0 heterocycles. The fourth-order valence-electron chi connectivity index (χ4n) is 0.975. The Hall–Kier alpha value is -1.64. The van der Waals surface area contributed by atoms with Crippen LogP contribution in [0.1, 0.15) is 43.1 Å². The monoisotopic (exact) mass is 221 g/mol. The molecule has 3 nitrogen and oxygen atoms in total. The maximum absolute atomic E-state index is 10.8. The molecule has 3 heteroatoms. The first-order valence-corrected chi connectivity index (χ1v) is 5.39. The lowest BCUT2D eigenvalue weighted by Crippen LogP contribution is -2.06. The van der Waals surface area contributed by atoms with Gasteiger partial charge in [0.05, 0.1) is 0 Å². The van der Waals surface area contributed by atoms with Gasteiger partial charge in [-0.3, -0.25) is 9.59 Å². The molecule has 0 radical (unpaired) electrons. The predicted octanol–water partition coefficient (Wildman–Crippen LogP) is 2.33. The van der Waals surface area contributed by atoms with E-state index in [2.05, 4.69) is 12.7 Å². The van der Waals surface area contributed by atoms with Gasteiger partial charge in [-0.2, -0.15) is 0 Å². The molecule has 1 aromatic carbocycles. The zero-order chi connectivity index (χ0) is 12.6. The Balaban J connectivity index is 0.000000385. The minimum atomic E-state index is -0.245. The highest BCUT2D eigenvalue weighted by molar-refractivity contribution is 5.93. The van der Waals surface area contributed by atoms with Crippen molar-refractivity contribution in [2.75, 3.05) is 0 Å². The lowest BCUT2D eigenvalue weighted by Gasteiger charge is -1.97. The highest BCUT2D eigenvalue weighted by atomic mass is 16.1. The number of hydrogen-bond acceptors (Lipinski definition) is 2. The van der Waals surface area contributed by atoms with Crippen LogP contribution in [-0.2, 0) is 11.2 Å². The Morgan fingerprint density at radius 3 is 1.81 bits per heavy atom. The average molecular weight is 221 g/mol. The van der Waals surface area contributed by atoms with Gasteiger partial charge in [-0.15, -0.1) is 0 Å². The zero-order valence-corrected chi connectivity index (χ0v) is 10.1. The van der Waals surface area contributed by atoms with E-state index < -0.39 is 0 Å². The molecule has 2 N–H and O–H groups in total. The number of nitrogens with two attached hydrogens (primary N) is 1. The van der Waals surface area contributed by atoms with Crippen molar-refractivity contribution in [2.24, 2.45) is 5.73 Å². The molecule has 0 spiro atoms. The van der Waals surface area contributed by atoms with Crippen LogP contribution >= 0.6 is 0 Å². The third-order valence-electron chi connectivity index (χ3n) is 2.12. The third kappa shape index (κ3) is 5.96. The topological polar surface area (TPSA) is 60.2 Å². The van der Waals surface area contributed by atoms with Crippen molar-refractivity contribution in [3.8, 4) is 0 Å². The Labute approximate surface area is 96.7 Å². The summed E-state index contributed by atoms with van der Waals surface area (Å²) in [6.07, 6.45) is 1.47. The summed E-state index contributed by atoms with van der Waals surface area (Å²) >= 11 is 0. The maximum atomic E-state index is 10.8. The quantitative estimate of drug-likeness (QED) is 0.796. The Bertz CT molecular complexity index is 341. The van der Waals surface area contributed by atoms with E-state index in [9.17, 15) is 9.59 Å². The van der Waals surface area contributed by atoms with Gasteiger partial charge in [0.15, 0.2) is 5.78 Å². The van der Waals surface area contributed by atoms with Gasteiger partial charge < -0.3 is 5.73 Å². The molecule has 1 amide bonds. The summed E-state index contributed by atoms with van der Waals surface area (Å²) in [6.45, 7) is 5.41. The number of carbonyl (C=O) groups excluding carboxylic acids is 2. The number of rotatable bonds is 3. The second kappa shape index (κ2) is 7.63. The molecular formula is C13H19NO2. The lowest BCUT2D eigenvalue weighted by molar-refractivity contribution is -0.117. The number of aryl methyl sites for hydroxylation is 1. The zero-order valence-electron chi connectivity index (χ0n) is 10.1. The van der Waals surface area contributed by atoms with E-state index in [1.165, 1.54) is 5.56 Å². The number of carbonyl (C=O) groups is 2. The van der Waals surface area contributed by atoms with Crippen LogP contribution in [0.25, 0.3) is 0 Å². The van der Waals surface area contributed by atoms with Crippen LogP contribution in [0.2, 0.25) is 0 Å². The molecule has 0 aromatic heterocycles. The summed E-state index contributed by atoms with van der Waals surface area (Å²) < 4.78 is 0. The van der Waals surface area contributed by atoms with Crippen LogP contribution in [0, 0.1) is 0 Å². The summed E-state index contributed by atoms with van der Waals surface area (Å²) in [5.41, 5.74) is 6.72. The van der Waals surface area contributed by atoms with Gasteiger partial charge in [0.25, 0.3) is 0 Å². The first-order valence-electron chi connectivity index (χ1n) is 5.39. The SMILES string of the molecule is CCC(N)=O.CCc1ccc(C(C)=O)cc1. The van der Waals surface area contributed by atoms with Crippen molar-refractivity contribution in [2.45, 2.75) is 33.6 Å². The van der Waals surface area contributed by atoms with Gasteiger partial charge in [-0.25, -0.2) is 0 Å². The molecular weight excluding hydrogens is 202 g/mol. The molecule has 0 atom stereocenters. The van der Waals surface area contributed by atoms with Crippen LogP contribution in [0.3, 0.4) is 0 Å². The molecule has 88 valence electrons. The van der Waals surface area contributed by atoms with Gasteiger partial charge in [0, 0.05) is 12.0 Å². The van der Waals surface area contributed by atoms with E-state index in [1.807, 2.05) is 24.3 Å². The first kappa shape index (κ1) is 14.4. The van der Waals surface area contributed by atoms with Gasteiger partial charge in [-0.05, 0) is 18.9 Å². The number of amides is 1. The van der Waals surface area contributed by atoms with E-state index in [0.29, 0.717) is 6.42 Å². The molecule has 0 aliphatic rings. The molecule has 0 unspecified atom stereocenters. The maximum Gasteiger partial charge on any atom is 0.217 e. The van der Waals surface area contributed by atoms with E-state index in [-0.39, 0.29) is 11.7 Å². The number of benzene rings is 1. The van der Waals surface area contributed by atoms with Crippen molar-refractivity contribution in [1.29, 1.82) is 0 Å². The van der Waals surface area contributed by atoms with E-state index >= 15 is 0 Å². The summed E-state index contributed by atoms with van der Waals surface area (Å²) in [5, 5.41) is 0. The minimum absolute atomic E-state index is 0.132. The number of primary amides is 1. The fourth-order valence-corrected chi connectivity index (χ4v) is 0.975. The second-order valence-electron chi connectivity index (χ2n) is 3.43. The average Bonchev–Trinajstić information content (AvgIpc) is 2.29. The molecule has 1 aromatic rings. The van der Waals surface area contributed by atoms with Crippen molar-refractivity contribution < 1.29 is 9.59 Å². The number of ketones is 1. The normalized spacial score (nSPS) is 8.94. The molecule has 0 bridgehead atoms. The standard InChI is InChI=1S/C10H12O.C3H7NO/c1-3-9-4-6-10(7-5-9)8(2)11;1-2-3(4)5/h4-7H,3H2,1-2H3;2H2,1H3,(H2,4,5). The third-order valence-corrected chi connectivity index (χ3v) is 2.12. The minimum Gasteiger partial charge on any atom is -0.370 e. The van der Waals surface area contributed by atoms with E-state index in [0.717, 1.165) is 12.0 Å². The number of hydrogen-bond donors (Lipinski definition) is 1. The summed E-state index contributed by atoms with van der Waals surface area (Å²) in [7, 11) is 0. The van der Waals surface area contributed by atoms with Crippen LogP contribution in [0.15, 0.2) is 24.3 Å². The van der Waals surface area contributed by atoms with E-state index in [1.54, 1.807) is 13.8 Å². The van der Waals surface area contributed by atoms with E-state index in [4.69, 9.17) is 0 Å². The smallest absolute Gasteiger partial charge is 0.217 e. The Kier molecular flexibility index (Phi) is 6.84. The van der Waals surface area contributed by atoms with Gasteiger partial charge in [-0.1, -0.05) is 38.1 Å². The van der Waals surface area contributed by atoms with Crippen LogP contribution < -0.4 is 5.73 Å². The molecule has 0 aliphatic heterocycles. The van der Waals surface area contributed by atoms with Crippen molar-refractivity contribution in [1.82, 2.24) is 0 Å².